The molecule has 0 radical (unpaired) electrons. The molecule has 1 aromatic carbocycles. The quantitative estimate of drug-likeness (QED) is 0.706. The summed E-state index contributed by atoms with van der Waals surface area (Å²) < 4.78 is 6.18. The monoisotopic (exact) mass is 260 g/mol. The normalized spacial score (nSPS) is 19.5. The Morgan fingerprint density at radius 1 is 1.00 bits per heavy atom. The van der Waals surface area contributed by atoms with E-state index in [1.807, 2.05) is 30.3 Å². The molecule has 1 fully saturated rings. The van der Waals surface area contributed by atoms with Crippen LogP contribution < -0.4 is 4.74 Å². The summed E-state index contributed by atoms with van der Waals surface area (Å²) in [4.78, 5) is 0. The fraction of sp³-hybridized carbons (Fsp3) is 0.625. The summed E-state index contributed by atoms with van der Waals surface area (Å²) >= 11 is 0. The van der Waals surface area contributed by atoms with Crippen molar-refractivity contribution < 1.29 is 4.74 Å². The van der Waals surface area contributed by atoms with Crippen molar-refractivity contribution in [3.05, 3.63) is 30.3 Å². The lowest BCUT2D eigenvalue weighted by Crippen LogP contribution is -2.36. The summed E-state index contributed by atoms with van der Waals surface area (Å²) in [7, 11) is 0. The first kappa shape index (κ1) is 14.0. The molecule has 1 aliphatic rings. The second kappa shape index (κ2) is 5.72. The van der Waals surface area contributed by atoms with Gasteiger partial charge in [-0.05, 0) is 45.7 Å². The molecule has 0 saturated heterocycles. The minimum absolute atomic E-state index is 0.148. The number of rotatable bonds is 3. The van der Waals surface area contributed by atoms with Crippen LogP contribution in [0.25, 0.3) is 0 Å². The maximum atomic E-state index is 6.18. The molecule has 0 aliphatic heterocycles. The number of hydrogen-bond donors (Lipinski definition) is 0. The lowest BCUT2D eigenvalue weighted by Gasteiger charge is -2.33. The van der Waals surface area contributed by atoms with Gasteiger partial charge in [-0.1, -0.05) is 24.6 Å². The Morgan fingerprint density at radius 2 is 1.63 bits per heavy atom. The van der Waals surface area contributed by atoms with Crippen molar-refractivity contribution in [1.29, 1.82) is 0 Å². The molecular weight excluding hydrogens is 236 g/mol. The molecule has 0 atom stereocenters. The van der Waals surface area contributed by atoms with Gasteiger partial charge in [0, 0.05) is 12.8 Å². The maximum absolute atomic E-state index is 6.18. The van der Waals surface area contributed by atoms with Crippen molar-refractivity contribution in [2.24, 2.45) is 10.2 Å². The fourth-order valence-corrected chi connectivity index (χ4v) is 2.28. The lowest BCUT2D eigenvalue weighted by atomic mass is 9.92. The zero-order valence-corrected chi connectivity index (χ0v) is 12.2. The highest BCUT2D eigenvalue weighted by Crippen LogP contribution is 2.35. The third-order valence-corrected chi connectivity index (χ3v) is 3.22. The molecule has 0 N–H and O–H groups in total. The summed E-state index contributed by atoms with van der Waals surface area (Å²) in [6.07, 6.45) is 5.51. The zero-order chi connectivity index (χ0) is 13.8. The van der Waals surface area contributed by atoms with Gasteiger partial charge < -0.3 is 4.74 Å². The largest absolute Gasteiger partial charge is 0.465 e. The van der Waals surface area contributed by atoms with Gasteiger partial charge in [-0.3, -0.25) is 0 Å². The molecule has 3 nitrogen and oxygen atoms in total. The van der Waals surface area contributed by atoms with Crippen LogP contribution in [0.4, 0.5) is 0 Å². The first-order valence-electron chi connectivity index (χ1n) is 7.17. The van der Waals surface area contributed by atoms with Crippen molar-refractivity contribution >= 4 is 0 Å². The van der Waals surface area contributed by atoms with Crippen molar-refractivity contribution in [2.75, 3.05) is 0 Å². The number of azo groups is 1. The molecule has 0 amide bonds. The molecule has 3 heteroatoms. The Bertz CT molecular complexity index is 414. The Hall–Kier alpha value is -1.38. The highest BCUT2D eigenvalue weighted by atomic mass is 16.5. The first-order valence-corrected chi connectivity index (χ1v) is 7.17. The van der Waals surface area contributed by atoms with Gasteiger partial charge in [0.15, 0.2) is 0 Å². The van der Waals surface area contributed by atoms with Gasteiger partial charge >= 0.3 is 0 Å². The van der Waals surface area contributed by atoms with Crippen LogP contribution in [0.5, 0.6) is 5.75 Å². The molecule has 0 unspecified atom stereocenters. The molecule has 0 heterocycles. The van der Waals surface area contributed by atoms with E-state index in [0.717, 1.165) is 31.4 Å². The molecule has 0 aromatic heterocycles. The third-order valence-electron chi connectivity index (χ3n) is 3.22. The van der Waals surface area contributed by atoms with Crippen molar-refractivity contribution in [2.45, 2.75) is 64.1 Å². The Labute approximate surface area is 116 Å². The van der Waals surface area contributed by atoms with Gasteiger partial charge in [-0.2, -0.15) is 5.11 Å². The summed E-state index contributed by atoms with van der Waals surface area (Å²) in [5.74, 6) is 0.886. The highest BCUT2D eigenvalue weighted by molar-refractivity contribution is 5.22. The highest BCUT2D eigenvalue weighted by Gasteiger charge is 2.34. The van der Waals surface area contributed by atoms with Crippen LogP contribution in [0.2, 0.25) is 0 Å². The summed E-state index contributed by atoms with van der Waals surface area (Å²) in [6, 6.07) is 9.96. The summed E-state index contributed by atoms with van der Waals surface area (Å²) in [5.41, 5.74) is -0.600. The van der Waals surface area contributed by atoms with E-state index < -0.39 is 5.72 Å². The molecular formula is C16H24N2O. The molecule has 1 aromatic rings. The minimum atomic E-state index is -0.452. The van der Waals surface area contributed by atoms with Gasteiger partial charge in [0.05, 0.1) is 5.54 Å². The van der Waals surface area contributed by atoms with E-state index in [4.69, 9.17) is 4.74 Å². The molecule has 19 heavy (non-hydrogen) atoms. The Morgan fingerprint density at radius 3 is 2.21 bits per heavy atom. The lowest BCUT2D eigenvalue weighted by molar-refractivity contribution is 0.0291. The number of nitrogens with zero attached hydrogens (tertiary/aromatic N) is 2. The average Bonchev–Trinajstić information content (AvgIpc) is 2.38. The van der Waals surface area contributed by atoms with E-state index in [-0.39, 0.29) is 5.54 Å². The van der Waals surface area contributed by atoms with E-state index >= 15 is 0 Å². The average molecular weight is 260 g/mol. The molecule has 2 rings (SSSR count). The smallest absolute Gasteiger partial charge is 0.218 e. The second-order valence-electron chi connectivity index (χ2n) is 6.29. The number of ether oxygens (including phenoxy) is 1. The topological polar surface area (TPSA) is 34.0 Å². The van der Waals surface area contributed by atoms with Gasteiger partial charge in [0.1, 0.15) is 5.75 Å². The molecule has 104 valence electrons. The fourth-order valence-electron chi connectivity index (χ4n) is 2.28. The van der Waals surface area contributed by atoms with Crippen molar-refractivity contribution in [3.8, 4) is 5.75 Å². The SMILES string of the molecule is CC(C)(C)N=NC1(Oc2ccccc2)CCCCC1. The molecule has 1 aliphatic carbocycles. The van der Waals surface area contributed by atoms with E-state index in [1.54, 1.807) is 0 Å². The Balaban J connectivity index is 2.17. The van der Waals surface area contributed by atoms with Crippen LogP contribution in [-0.2, 0) is 0 Å². The summed E-state index contributed by atoms with van der Waals surface area (Å²) in [6.45, 7) is 6.20. The molecule has 1 saturated carbocycles. The Kier molecular flexibility index (Phi) is 4.23. The maximum Gasteiger partial charge on any atom is 0.218 e. The number of benzene rings is 1. The molecule has 0 spiro atoms. The predicted molar refractivity (Wildman–Crippen MR) is 77.5 cm³/mol. The van der Waals surface area contributed by atoms with Gasteiger partial charge in [-0.25, -0.2) is 0 Å². The van der Waals surface area contributed by atoms with Crippen molar-refractivity contribution in [3.63, 3.8) is 0 Å². The van der Waals surface area contributed by atoms with Crippen LogP contribution in [0.3, 0.4) is 0 Å². The first-order chi connectivity index (χ1) is 8.99. The van der Waals surface area contributed by atoms with Crippen LogP contribution >= 0.6 is 0 Å². The van der Waals surface area contributed by atoms with E-state index in [2.05, 4.69) is 31.0 Å². The van der Waals surface area contributed by atoms with Crippen LogP contribution in [-0.4, -0.2) is 11.3 Å². The van der Waals surface area contributed by atoms with Crippen molar-refractivity contribution in [1.82, 2.24) is 0 Å². The number of para-hydroxylation sites is 1. The third kappa shape index (κ3) is 4.34. The van der Waals surface area contributed by atoms with Crippen LogP contribution in [0.1, 0.15) is 52.9 Å². The standard InChI is InChI=1S/C16H24N2O/c1-15(2,3)17-18-16(12-8-5-9-13-16)19-14-10-6-4-7-11-14/h4,6-7,10-11H,5,8-9,12-13H2,1-3H3. The predicted octanol–water partition coefficient (Wildman–Crippen LogP) is 4.98. The number of hydrogen-bond acceptors (Lipinski definition) is 3. The summed E-state index contributed by atoms with van der Waals surface area (Å²) in [5, 5.41) is 9.03. The zero-order valence-electron chi connectivity index (χ0n) is 12.2. The minimum Gasteiger partial charge on any atom is -0.465 e. The van der Waals surface area contributed by atoms with E-state index in [0.29, 0.717) is 0 Å². The van der Waals surface area contributed by atoms with Gasteiger partial charge in [0.25, 0.3) is 0 Å². The van der Waals surface area contributed by atoms with E-state index in [9.17, 15) is 0 Å². The van der Waals surface area contributed by atoms with E-state index in [1.165, 1.54) is 6.42 Å². The van der Waals surface area contributed by atoms with Crippen LogP contribution in [0.15, 0.2) is 40.6 Å². The van der Waals surface area contributed by atoms with Gasteiger partial charge in [-0.15, -0.1) is 5.11 Å². The molecule has 0 bridgehead atoms. The van der Waals surface area contributed by atoms with Gasteiger partial charge in [0.2, 0.25) is 5.72 Å². The van der Waals surface area contributed by atoms with Crippen LogP contribution in [0, 0.1) is 0 Å². The second-order valence-corrected chi connectivity index (χ2v) is 6.29.